The predicted molar refractivity (Wildman–Crippen MR) is 58.9 cm³/mol. The van der Waals surface area contributed by atoms with E-state index in [0.29, 0.717) is 10.6 Å². The van der Waals surface area contributed by atoms with Crippen molar-refractivity contribution in [1.29, 1.82) is 0 Å². The molecule has 0 unspecified atom stereocenters. The molecule has 3 nitrogen and oxygen atoms in total. The molecular formula is C9H7BrClNO2. The Morgan fingerprint density at radius 1 is 1.57 bits per heavy atom. The summed E-state index contributed by atoms with van der Waals surface area (Å²) in [7, 11) is 1.66. The standard InChI is InChI=1S/C9H7BrClNO2/c1-4-5(10)3-6(11)8-7(4)12(2)9(13)14-8/h3H,1-2H3. The molecule has 1 aromatic heterocycles. The number of halogens is 2. The third kappa shape index (κ3) is 1.21. The average molecular weight is 277 g/mol. The second-order valence-corrected chi connectivity index (χ2v) is 4.33. The van der Waals surface area contributed by atoms with Crippen molar-refractivity contribution in [3.63, 3.8) is 0 Å². The first kappa shape index (κ1) is 9.80. The van der Waals surface area contributed by atoms with Gasteiger partial charge in [0.25, 0.3) is 0 Å². The van der Waals surface area contributed by atoms with Gasteiger partial charge in [-0.1, -0.05) is 27.5 Å². The van der Waals surface area contributed by atoms with Gasteiger partial charge in [-0.2, -0.15) is 0 Å². The van der Waals surface area contributed by atoms with Crippen LogP contribution in [-0.2, 0) is 7.05 Å². The molecule has 1 heterocycles. The molecule has 0 saturated heterocycles. The molecule has 0 aliphatic rings. The van der Waals surface area contributed by atoms with Crippen molar-refractivity contribution >= 4 is 38.6 Å². The lowest BCUT2D eigenvalue weighted by Crippen LogP contribution is -2.08. The molecule has 0 N–H and O–H groups in total. The van der Waals surface area contributed by atoms with Gasteiger partial charge in [0.1, 0.15) is 0 Å². The first-order valence-corrected chi connectivity index (χ1v) is 5.13. The number of aryl methyl sites for hydroxylation is 2. The van der Waals surface area contributed by atoms with E-state index in [-0.39, 0.29) is 0 Å². The molecule has 0 saturated carbocycles. The second-order valence-electron chi connectivity index (χ2n) is 3.07. The molecular weight excluding hydrogens is 269 g/mol. The lowest BCUT2D eigenvalue weighted by atomic mass is 10.2. The molecule has 2 rings (SSSR count). The number of rotatable bonds is 0. The zero-order valence-corrected chi connectivity index (χ0v) is 9.94. The summed E-state index contributed by atoms with van der Waals surface area (Å²) in [5, 5.41) is 0.440. The summed E-state index contributed by atoms with van der Waals surface area (Å²) in [5.74, 6) is -0.400. The van der Waals surface area contributed by atoms with Crippen molar-refractivity contribution in [3.8, 4) is 0 Å². The topological polar surface area (TPSA) is 35.1 Å². The molecule has 0 atom stereocenters. The van der Waals surface area contributed by atoms with E-state index < -0.39 is 5.76 Å². The molecule has 74 valence electrons. The molecule has 2 aromatic rings. The number of fused-ring (bicyclic) bond motifs is 1. The lowest BCUT2D eigenvalue weighted by Gasteiger charge is -2.01. The van der Waals surface area contributed by atoms with Crippen LogP contribution in [0.15, 0.2) is 19.8 Å². The van der Waals surface area contributed by atoms with Crippen LogP contribution in [0.2, 0.25) is 5.02 Å². The van der Waals surface area contributed by atoms with E-state index in [1.165, 1.54) is 4.57 Å². The van der Waals surface area contributed by atoms with E-state index in [1.54, 1.807) is 13.1 Å². The summed E-state index contributed by atoms with van der Waals surface area (Å²) in [6.07, 6.45) is 0. The van der Waals surface area contributed by atoms with Gasteiger partial charge in [0, 0.05) is 11.5 Å². The van der Waals surface area contributed by atoms with Gasteiger partial charge in [0.05, 0.1) is 10.5 Å². The third-order valence-electron chi connectivity index (χ3n) is 2.20. The number of nitrogens with zero attached hydrogens (tertiary/aromatic N) is 1. The van der Waals surface area contributed by atoms with Crippen LogP contribution >= 0.6 is 27.5 Å². The Labute approximate surface area is 93.4 Å². The second kappa shape index (κ2) is 3.14. The summed E-state index contributed by atoms with van der Waals surface area (Å²) in [4.78, 5) is 11.3. The Kier molecular flexibility index (Phi) is 2.20. The fourth-order valence-corrected chi connectivity index (χ4v) is 2.22. The highest BCUT2D eigenvalue weighted by Gasteiger charge is 2.14. The van der Waals surface area contributed by atoms with E-state index in [9.17, 15) is 4.79 Å². The highest BCUT2D eigenvalue weighted by Crippen LogP contribution is 2.31. The Morgan fingerprint density at radius 2 is 2.21 bits per heavy atom. The monoisotopic (exact) mass is 275 g/mol. The Hall–Kier alpha value is -0.740. The number of aromatic nitrogens is 1. The Morgan fingerprint density at radius 3 is 2.86 bits per heavy atom. The van der Waals surface area contributed by atoms with E-state index >= 15 is 0 Å². The van der Waals surface area contributed by atoms with Crippen LogP contribution in [0, 0.1) is 6.92 Å². The van der Waals surface area contributed by atoms with Crippen LogP contribution in [0.5, 0.6) is 0 Å². The number of hydrogen-bond acceptors (Lipinski definition) is 2. The number of hydrogen-bond donors (Lipinski definition) is 0. The molecule has 0 amide bonds. The summed E-state index contributed by atoms with van der Waals surface area (Å²) in [6, 6.07) is 1.72. The zero-order valence-electron chi connectivity index (χ0n) is 7.60. The summed E-state index contributed by atoms with van der Waals surface area (Å²) < 4.78 is 7.33. The summed E-state index contributed by atoms with van der Waals surface area (Å²) in [5.41, 5.74) is 2.12. The van der Waals surface area contributed by atoms with Gasteiger partial charge < -0.3 is 4.42 Å². The minimum absolute atomic E-state index is 0.400. The molecule has 0 bridgehead atoms. The molecule has 0 aliphatic heterocycles. The van der Waals surface area contributed by atoms with E-state index in [1.807, 2.05) is 6.92 Å². The van der Waals surface area contributed by atoms with Gasteiger partial charge in [-0.25, -0.2) is 4.79 Å². The van der Waals surface area contributed by atoms with Crippen LogP contribution in [0.25, 0.3) is 11.1 Å². The van der Waals surface area contributed by atoms with Crippen molar-refractivity contribution in [2.45, 2.75) is 6.92 Å². The maximum absolute atomic E-state index is 11.3. The molecule has 14 heavy (non-hydrogen) atoms. The van der Waals surface area contributed by atoms with Crippen molar-refractivity contribution in [3.05, 3.63) is 31.7 Å². The normalized spacial score (nSPS) is 11.1. The molecule has 0 spiro atoms. The minimum atomic E-state index is -0.400. The van der Waals surface area contributed by atoms with Gasteiger partial charge in [0.15, 0.2) is 5.58 Å². The Balaban J connectivity index is 3.11. The van der Waals surface area contributed by atoms with Gasteiger partial charge >= 0.3 is 5.76 Å². The number of benzene rings is 1. The maximum atomic E-state index is 11.3. The van der Waals surface area contributed by atoms with Crippen molar-refractivity contribution in [1.82, 2.24) is 4.57 Å². The molecule has 0 radical (unpaired) electrons. The summed E-state index contributed by atoms with van der Waals surface area (Å²) >= 11 is 9.31. The molecule has 0 aliphatic carbocycles. The SMILES string of the molecule is Cc1c(Br)cc(Cl)c2oc(=O)n(C)c12. The average Bonchev–Trinajstić information content (AvgIpc) is 2.41. The van der Waals surface area contributed by atoms with E-state index in [2.05, 4.69) is 15.9 Å². The molecule has 0 fully saturated rings. The first-order chi connectivity index (χ1) is 6.52. The largest absolute Gasteiger partial charge is 0.419 e. The quantitative estimate of drug-likeness (QED) is 0.741. The highest BCUT2D eigenvalue weighted by atomic mass is 79.9. The fourth-order valence-electron chi connectivity index (χ4n) is 1.43. The van der Waals surface area contributed by atoms with Crippen molar-refractivity contribution < 1.29 is 4.42 Å². The molecule has 5 heteroatoms. The van der Waals surface area contributed by atoms with E-state index in [0.717, 1.165) is 15.6 Å². The predicted octanol–water partition coefficient (Wildman–Crippen LogP) is 2.86. The van der Waals surface area contributed by atoms with E-state index in [4.69, 9.17) is 16.0 Å². The van der Waals surface area contributed by atoms with Crippen LogP contribution in [0.3, 0.4) is 0 Å². The number of oxazole rings is 1. The van der Waals surface area contributed by atoms with Crippen LogP contribution < -0.4 is 5.76 Å². The minimum Gasteiger partial charge on any atom is -0.406 e. The van der Waals surface area contributed by atoms with Crippen LogP contribution in [0.4, 0.5) is 0 Å². The first-order valence-electron chi connectivity index (χ1n) is 3.96. The third-order valence-corrected chi connectivity index (χ3v) is 3.30. The lowest BCUT2D eigenvalue weighted by molar-refractivity contribution is 0.528. The van der Waals surface area contributed by atoms with Crippen molar-refractivity contribution in [2.75, 3.05) is 0 Å². The highest BCUT2D eigenvalue weighted by molar-refractivity contribution is 9.10. The summed E-state index contributed by atoms with van der Waals surface area (Å²) in [6.45, 7) is 1.90. The van der Waals surface area contributed by atoms with Gasteiger partial charge in [-0.05, 0) is 18.6 Å². The molecule has 1 aromatic carbocycles. The van der Waals surface area contributed by atoms with Gasteiger partial charge in [-0.15, -0.1) is 0 Å². The fraction of sp³-hybridized carbons (Fsp3) is 0.222. The van der Waals surface area contributed by atoms with Gasteiger partial charge in [0.2, 0.25) is 0 Å². The zero-order chi connectivity index (χ0) is 10.5. The van der Waals surface area contributed by atoms with Gasteiger partial charge in [-0.3, -0.25) is 4.57 Å². The maximum Gasteiger partial charge on any atom is 0.419 e. The smallest absolute Gasteiger partial charge is 0.406 e. The van der Waals surface area contributed by atoms with Crippen LogP contribution in [0.1, 0.15) is 5.56 Å². The van der Waals surface area contributed by atoms with Crippen molar-refractivity contribution in [2.24, 2.45) is 7.05 Å². The Bertz CT molecular complexity index is 570. The van der Waals surface area contributed by atoms with Crippen LogP contribution in [-0.4, -0.2) is 4.57 Å².